The minimum Gasteiger partial charge on any atom is -0.479 e. The van der Waals surface area contributed by atoms with Crippen molar-refractivity contribution in [1.82, 2.24) is 15.1 Å². The number of aliphatic carboxylic acids is 1. The van der Waals surface area contributed by atoms with Gasteiger partial charge in [-0.3, -0.25) is 28.9 Å². The number of aryl methyl sites for hydroxylation is 1. The monoisotopic (exact) mass is 709 g/mol. The third-order valence-corrected chi connectivity index (χ3v) is 8.55. The van der Waals surface area contributed by atoms with Crippen LogP contribution >= 0.6 is 12.0 Å². The van der Waals surface area contributed by atoms with Crippen LogP contribution < -0.4 is 10.1 Å². The molecule has 4 amide bonds. The van der Waals surface area contributed by atoms with Crippen LogP contribution in [0.4, 0.5) is 0 Å². The zero-order valence-electron chi connectivity index (χ0n) is 26.4. The second kappa shape index (κ2) is 18.1. The zero-order valence-corrected chi connectivity index (χ0v) is 27.2. The van der Waals surface area contributed by atoms with Gasteiger partial charge in [-0.15, -0.1) is 0 Å². The van der Waals surface area contributed by atoms with Crippen molar-refractivity contribution in [2.24, 2.45) is 0 Å². The number of hydrogen-bond donors (Lipinski definition) is 5. The summed E-state index contributed by atoms with van der Waals surface area (Å²) in [6, 6.07) is 3.41. The molecule has 0 bridgehead atoms. The Morgan fingerprint density at radius 3 is 2.55 bits per heavy atom. The lowest BCUT2D eigenvalue weighted by Crippen LogP contribution is -2.52. The Bertz CT molecular complexity index is 1390. The number of carboxylic acids is 1. The molecule has 3 aliphatic rings. The number of nitrogens with one attached hydrogen (secondary N) is 1. The number of rotatable bonds is 19. The molecule has 0 aromatic heterocycles. The van der Waals surface area contributed by atoms with Gasteiger partial charge in [0, 0.05) is 42.9 Å². The second-order valence-electron chi connectivity index (χ2n) is 11.6. The molecule has 0 spiro atoms. The molecule has 268 valence electrons. The fourth-order valence-corrected chi connectivity index (χ4v) is 5.88. The number of nitrogens with zero attached hydrogens (tertiary/aromatic N) is 2. The van der Waals surface area contributed by atoms with Crippen LogP contribution in [-0.4, -0.2) is 134 Å². The third kappa shape index (κ3) is 9.99. The molecule has 49 heavy (non-hydrogen) atoms. The van der Waals surface area contributed by atoms with Gasteiger partial charge in [0.2, 0.25) is 18.1 Å². The Kier molecular flexibility index (Phi) is 13.9. The van der Waals surface area contributed by atoms with E-state index in [1.807, 2.05) is 0 Å². The van der Waals surface area contributed by atoms with Gasteiger partial charge in [-0.25, -0.2) is 4.79 Å². The quantitative estimate of drug-likeness (QED) is 0.0512. The highest BCUT2D eigenvalue weighted by molar-refractivity contribution is 7.93. The average molecular weight is 710 g/mol. The molecule has 5 N–H and O–H groups in total. The lowest BCUT2D eigenvalue weighted by Gasteiger charge is -2.35. The summed E-state index contributed by atoms with van der Waals surface area (Å²) >= 11 is 0.603. The van der Waals surface area contributed by atoms with Crippen LogP contribution in [0.1, 0.15) is 36.8 Å². The lowest BCUT2D eigenvalue weighted by molar-refractivity contribution is -0.238. The van der Waals surface area contributed by atoms with Crippen LogP contribution in [0.3, 0.4) is 0 Å². The summed E-state index contributed by atoms with van der Waals surface area (Å²) in [5.74, 6) is -3.03. The second-order valence-corrected chi connectivity index (χ2v) is 12.2. The van der Waals surface area contributed by atoms with E-state index in [9.17, 15) is 44.1 Å². The van der Waals surface area contributed by atoms with Crippen molar-refractivity contribution >= 4 is 48.1 Å². The van der Waals surface area contributed by atoms with Crippen LogP contribution in [0, 0.1) is 0 Å². The van der Waals surface area contributed by atoms with Gasteiger partial charge in [-0.1, -0.05) is 12.1 Å². The third-order valence-electron chi connectivity index (χ3n) is 8.20. The van der Waals surface area contributed by atoms with E-state index in [-0.39, 0.29) is 58.0 Å². The minimum absolute atomic E-state index is 0.0536. The lowest BCUT2D eigenvalue weighted by atomic mass is 10.0. The van der Waals surface area contributed by atoms with E-state index in [1.54, 1.807) is 18.2 Å². The maximum atomic E-state index is 13.2. The van der Waals surface area contributed by atoms with Gasteiger partial charge in [0.1, 0.15) is 24.5 Å². The molecule has 3 heterocycles. The summed E-state index contributed by atoms with van der Waals surface area (Å²) in [6.07, 6.45) is -2.19. The molecule has 6 atom stereocenters. The zero-order chi connectivity index (χ0) is 35.5. The Hall–Kier alpha value is -4.07. The van der Waals surface area contributed by atoms with Crippen LogP contribution in [-0.2, 0) is 56.0 Å². The van der Waals surface area contributed by atoms with Crippen molar-refractivity contribution in [3.05, 3.63) is 41.5 Å². The van der Waals surface area contributed by atoms with Crippen molar-refractivity contribution in [2.75, 3.05) is 32.1 Å². The summed E-state index contributed by atoms with van der Waals surface area (Å²) < 4.78 is 30.4. The first kappa shape index (κ1) is 37.7. The first-order valence-electron chi connectivity index (χ1n) is 15.6. The summed E-state index contributed by atoms with van der Waals surface area (Å²) in [7, 11) is 0. The molecule has 18 heteroatoms. The minimum atomic E-state index is -1.53. The smallest absolute Gasteiger partial charge is 0.333 e. The topological polar surface area (TPSA) is 239 Å². The maximum Gasteiger partial charge on any atom is 0.333 e. The van der Waals surface area contributed by atoms with Crippen molar-refractivity contribution in [2.45, 2.75) is 75.4 Å². The first-order valence-corrected chi connectivity index (χ1v) is 16.5. The highest BCUT2D eigenvalue weighted by atomic mass is 32.2. The highest BCUT2D eigenvalue weighted by Gasteiger charge is 2.47. The van der Waals surface area contributed by atoms with Crippen LogP contribution in [0.5, 0.6) is 5.75 Å². The Labute approximate surface area is 285 Å². The van der Waals surface area contributed by atoms with Gasteiger partial charge < -0.3 is 49.0 Å². The van der Waals surface area contributed by atoms with Gasteiger partial charge in [-0.05, 0) is 42.9 Å². The van der Waals surface area contributed by atoms with Crippen LogP contribution in [0.15, 0.2) is 30.4 Å². The van der Waals surface area contributed by atoms with Crippen molar-refractivity contribution in [3.63, 3.8) is 0 Å². The molecular weight excluding hydrogens is 670 g/mol. The number of carbonyl (C=O) groups excluding carboxylic acids is 5. The van der Waals surface area contributed by atoms with E-state index in [4.69, 9.17) is 23.5 Å². The van der Waals surface area contributed by atoms with E-state index in [2.05, 4.69) is 5.32 Å². The number of hydrogen-bond acceptors (Lipinski definition) is 14. The molecule has 3 aliphatic heterocycles. The number of likely N-dealkylation sites (tertiary alicyclic amines) is 1. The van der Waals surface area contributed by atoms with Crippen molar-refractivity contribution in [3.8, 4) is 5.75 Å². The normalized spacial score (nSPS) is 25.2. The number of imide groups is 1. The Morgan fingerprint density at radius 2 is 1.86 bits per heavy atom. The highest BCUT2D eigenvalue weighted by Crippen LogP contribution is 2.29. The standard InChI is InChI=1S/C31H39N3O14S/c35-17-46-15-19-5-4-18(11-23(19)47-31-28(40)22(36)13-24(48-31)30(42)43)3-1-2-8-32-25(37)14-33-20(16-45-9-10-49-44)12-21(29(33)41)34-26(38)6-7-27(34)39/h4-7,11,17,20-22,24,28,31,36,40,44H,1-3,8-10,12-16H2,(H,32,37)(H,42,43)/t20-,21-,22?,24?,28+,31?/m0/s1. The van der Waals surface area contributed by atoms with E-state index < -0.39 is 66.3 Å². The Morgan fingerprint density at radius 1 is 1.10 bits per heavy atom. The predicted octanol–water partition coefficient (Wildman–Crippen LogP) is -0.784. The van der Waals surface area contributed by atoms with Gasteiger partial charge in [0.15, 0.2) is 6.10 Å². The number of ether oxygens (including phenoxy) is 4. The van der Waals surface area contributed by atoms with E-state index in [0.717, 1.165) is 22.6 Å². The van der Waals surface area contributed by atoms with Gasteiger partial charge >= 0.3 is 5.97 Å². The number of aliphatic hydroxyl groups excluding tert-OH is 2. The molecule has 1 aromatic carbocycles. The van der Waals surface area contributed by atoms with Gasteiger partial charge in [0.25, 0.3) is 18.3 Å². The summed E-state index contributed by atoms with van der Waals surface area (Å²) in [5.41, 5.74) is 1.18. The number of carboxylic acid groups (broad SMARTS) is 1. The number of amides is 4. The van der Waals surface area contributed by atoms with E-state index in [1.165, 1.54) is 4.90 Å². The largest absolute Gasteiger partial charge is 0.479 e. The molecule has 1 aromatic rings. The Balaban J connectivity index is 1.30. The van der Waals surface area contributed by atoms with Crippen molar-refractivity contribution in [1.29, 1.82) is 0 Å². The summed E-state index contributed by atoms with van der Waals surface area (Å²) in [4.78, 5) is 74.9. The number of benzene rings is 1. The van der Waals surface area contributed by atoms with Gasteiger partial charge in [-0.2, -0.15) is 0 Å². The SMILES string of the molecule is O=COCc1ccc(CCCCNC(=O)CN2C(=O)[C@@H](N3C(=O)C=CC3=O)C[C@H]2COCCSO)cc1OC1OC(C(=O)O)CC(O)[C@H]1O. The fourth-order valence-electron chi connectivity index (χ4n) is 5.69. The molecule has 3 unspecified atom stereocenters. The molecule has 0 saturated carbocycles. The predicted molar refractivity (Wildman–Crippen MR) is 168 cm³/mol. The maximum absolute atomic E-state index is 13.2. The fraction of sp³-hybridized carbons (Fsp3) is 0.548. The molecular formula is C31H39N3O14S. The van der Waals surface area contributed by atoms with Crippen molar-refractivity contribution < 1.29 is 67.6 Å². The average Bonchev–Trinajstić information content (AvgIpc) is 3.56. The van der Waals surface area contributed by atoms with Crippen LogP contribution in [0.25, 0.3) is 0 Å². The van der Waals surface area contributed by atoms with E-state index in [0.29, 0.717) is 42.6 Å². The molecule has 0 radical (unpaired) electrons. The molecule has 0 aliphatic carbocycles. The molecule has 17 nitrogen and oxygen atoms in total. The summed E-state index contributed by atoms with van der Waals surface area (Å²) in [6.45, 7) is 0.302. The number of carbonyl (C=O) groups is 6. The molecule has 2 fully saturated rings. The molecule has 2 saturated heterocycles. The number of unbranched alkanes of at least 4 members (excludes halogenated alkanes) is 1. The summed E-state index contributed by atoms with van der Waals surface area (Å²) in [5, 5.41) is 32.6. The van der Waals surface area contributed by atoms with Gasteiger partial charge in [0.05, 0.1) is 31.9 Å². The molecule has 4 rings (SSSR count). The first-order chi connectivity index (χ1) is 23.5. The van der Waals surface area contributed by atoms with Crippen LogP contribution in [0.2, 0.25) is 0 Å². The van der Waals surface area contributed by atoms with E-state index >= 15 is 0 Å². The number of aliphatic hydroxyl groups is 2.